The summed E-state index contributed by atoms with van der Waals surface area (Å²) in [5.41, 5.74) is 0.587. The Morgan fingerprint density at radius 3 is 2.06 bits per heavy atom. The first-order chi connectivity index (χ1) is 15.1. The van der Waals surface area contributed by atoms with Crippen LogP contribution in [0.3, 0.4) is 0 Å². The summed E-state index contributed by atoms with van der Waals surface area (Å²) in [5.74, 6) is 4.53. The molecule has 4 rings (SSSR count). The van der Waals surface area contributed by atoms with Crippen LogP contribution in [0.1, 0.15) is 139 Å². The molecule has 2 N–H and O–H groups in total. The topological polar surface area (TPSA) is 40.5 Å². The van der Waals surface area contributed by atoms with Crippen LogP contribution in [-0.2, 0) is 0 Å². The second kappa shape index (κ2) is 11.6. The first-order valence-corrected chi connectivity index (χ1v) is 14.5. The molecule has 0 saturated heterocycles. The number of aliphatic hydroxyl groups excluding tert-OH is 1. The van der Waals surface area contributed by atoms with Crippen LogP contribution in [0.25, 0.3) is 0 Å². The third-order valence-electron chi connectivity index (χ3n) is 10.4. The fraction of sp³-hybridized carbons (Fsp3) is 1.00. The molecule has 4 saturated carbocycles. The molecule has 0 radical (unpaired) electrons. The summed E-state index contributed by atoms with van der Waals surface area (Å²) < 4.78 is 0. The molecule has 8 atom stereocenters. The quantitative estimate of drug-likeness (QED) is 0.413. The molecule has 0 heterocycles. The monoisotopic (exact) mass is 450 g/mol. The normalized spacial score (nSPS) is 42.9. The number of aliphatic hydroxyl groups is 2. The highest BCUT2D eigenvalue weighted by Crippen LogP contribution is 2.67. The second-order valence-electron chi connectivity index (χ2n) is 12.5. The fourth-order valence-corrected chi connectivity index (χ4v) is 8.77. The summed E-state index contributed by atoms with van der Waals surface area (Å²) in [7, 11) is 0. The van der Waals surface area contributed by atoms with Crippen LogP contribution in [-0.4, -0.2) is 21.9 Å². The van der Waals surface area contributed by atoms with Gasteiger partial charge in [-0.25, -0.2) is 0 Å². The van der Waals surface area contributed by atoms with E-state index in [0.29, 0.717) is 10.8 Å². The molecule has 0 bridgehead atoms. The highest BCUT2D eigenvalue weighted by atomic mass is 16.3. The Labute approximate surface area is 201 Å². The maximum atomic E-state index is 10.2. The van der Waals surface area contributed by atoms with Crippen LogP contribution < -0.4 is 0 Å². The summed E-state index contributed by atoms with van der Waals surface area (Å²) in [6.45, 7) is 17.2. The highest BCUT2D eigenvalue weighted by Gasteiger charge is 2.59. The van der Waals surface area contributed by atoms with Crippen molar-refractivity contribution in [1.82, 2.24) is 0 Å². The van der Waals surface area contributed by atoms with Gasteiger partial charge in [0.25, 0.3) is 0 Å². The predicted octanol–water partition coefficient (Wildman–Crippen LogP) is 8.39. The molecule has 0 aromatic carbocycles. The first kappa shape index (κ1) is 28.2. The lowest BCUT2D eigenvalue weighted by atomic mass is 9.44. The average molecular weight is 451 g/mol. The van der Waals surface area contributed by atoms with E-state index in [1.165, 1.54) is 64.2 Å². The molecule has 6 unspecified atom stereocenters. The van der Waals surface area contributed by atoms with Gasteiger partial charge in [-0.15, -0.1) is 0 Å². The van der Waals surface area contributed by atoms with Gasteiger partial charge >= 0.3 is 0 Å². The third-order valence-corrected chi connectivity index (χ3v) is 10.4. The van der Waals surface area contributed by atoms with Crippen molar-refractivity contribution in [3.63, 3.8) is 0 Å². The van der Waals surface area contributed by atoms with Crippen molar-refractivity contribution < 1.29 is 10.2 Å². The zero-order valence-corrected chi connectivity index (χ0v) is 23.1. The SMILES string of the molecule is CC.CC.CC(C)(O)CCCC[C@H]1CCC2C3CCC4CC(O)CC[C@]4(C)C3CCC21C. The summed E-state index contributed by atoms with van der Waals surface area (Å²) in [6, 6.07) is 0. The second-order valence-corrected chi connectivity index (χ2v) is 12.5. The fourth-order valence-electron chi connectivity index (χ4n) is 8.77. The maximum Gasteiger partial charge on any atom is 0.0591 e. The number of unbranched alkanes of at least 4 members (excludes halogenated alkanes) is 1. The highest BCUT2D eigenvalue weighted by molar-refractivity contribution is 5.09. The van der Waals surface area contributed by atoms with Crippen molar-refractivity contribution in [2.24, 2.45) is 40.4 Å². The van der Waals surface area contributed by atoms with Crippen LogP contribution in [0.2, 0.25) is 0 Å². The Morgan fingerprint density at radius 1 is 0.781 bits per heavy atom. The summed E-state index contributed by atoms with van der Waals surface area (Å²) in [6.07, 6.45) is 16.8. The Kier molecular flexibility index (Phi) is 10.2. The molecule has 32 heavy (non-hydrogen) atoms. The Bertz CT molecular complexity index is 552. The number of rotatable bonds is 5. The zero-order valence-electron chi connectivity index (χ0n) is 23.1. The van der Waals surface area contributed by atoms with Gasteiger partial charge in [0.15, 0.2) is 0 Å². The molecular weight excluding hydrogens is 392 g/mol. The average Bonchev–Trinajstić information content (AvgIpc) is 3.10. The van der Waals surface area contributed by atoms with Crippen LogP contribution in [0.15, 0.2) is 0 Å². The molecule has 4 aliphatic rings. The van der Waals surface area contributed by atoms with Gasteiger partial charge in [-0.2, -0.15) is 0 Å². The van der Waals surface area contributed by atoms with Gasteiger partial charge in [0.1, 0.15) is 0 Å². The van der Waals surface area contributed by atoms with Crippen LogP contribution >= 0.6 is 0 Å². The van der Waals surface area contributed by atoms with Gasteiger partial charge in [-0.3, -0.25) is 0 Å². The van der Waals surface area contributed by atoms with E-state index >= 15 is 0 Å². The summed E-state index contributed by atoms with van der Waals surface area (Å²) >= 11 is 0. The van der Waals surface area contributed by atoms with Crippen LogP contribution in [0, 0.1) is 40.4 Å². The van der Waals surface area contributed by atoms with E-state index in [4.69, 9.17) is 0 Å². The van der Waals surface area contributed by atoms with E-state index in [1.54, 1.807) is 0 Å². The largest absolute Gasteiger partial charge is 0.393 e. The van der Waals surface area contributed by atoms with Gasteiger partial charge in [0, 0.05) is 0 Å². The van der Waals surface area contributed by atoms with Crippen molar-refractivity contribution in [3.8, 4) is 0 Å². The molecule has 4 fully saturated rings. The zero-order chi connectivity index (χ0) is 24.2. The Balaban J connectivity index is 0.000000860. The van der Waals surface area contributed by atoms with Crippen molar-refractivity contribution in [1.29, 1.82) is 0 Å². The van der Waals surface area contributed by atoms with Crippen molar-refractivity contribution in [2.45, 2.75) is 151 Å². The molecule has 0 amide bonds. The number of fused-ring (bicyclic) bond motifs is 5. The van der Waals surface area contributed by atoms with E-state index in [-0.39, 0.29) is 6.10 Å². The van der Waals surface area contributed by atoms with Gasteiger partial charge < -0.3 is 10.2 Å². The van der Waals surface area contributed by atoms with Crippen molar-refractivity contribution in [2.75, 3.05) is 0 Å². The Hall–Kier alpha value is -0.0800. The molecule has 2 nitrogen and oxygen atoms in total. The molecule has 4 aliphatic carbocycles. The first-order valence-electron chi connectivity index (χ1n) is 14.5. The lowest BCUT2D eigenvalue weighted by Gasteiger charge is -2.61. The van der Waals surface area contributed by atoms with Crippen LogP contribution in [0.5, 0.6) is 0 Å². The van der Waals surface area contributed by atoms with E-state index in [2.05, 4.69) is 13.8 Å². The molecule has 0 aliphatic heterocycles. The minimum atomic E-state index is -0.498. The lowest BCUT2D eigenvalue weighted by molar-refractivity contribution is -0.127. The minimum absolute atomic E-state index is 0.0248. The van der Waals surface area contributed by atoms with Crippen molar-refractivity contribution >= 4 is 0 Å². The molecule has 0 spiro atoms. The summed E-state index contributed by atoms with van der Waals surface area (Å²) in [5, 5.41) is 20.2. The maximum absolute atomic E-state index is 10.2. The predicted molar refractivity (Wildman–Crippen MR) is 139 cm³/mol. The van der Waals surface area contributed by atoms with E-state index in [0.717, 1.165) is 48.9 Å². The molecule has 190 valence electrons. The lowest BCUT2D eigenvalue weighted by Crippen LogP contribution is -2.53. The van der Waals surface area contributed by atoms with E-state index in [9.17, 15) is 10.2 Å². The van der Waals surface area contributed by atoms with E-state index < -0.39 is 5.60 Å². The smallest absolute Gasteiger partial charge is 0.0591 e. The molecule has 0 aromatic heterocycles. The minimum Gasteiger partial charge on any atom is -0.393 e. The summed E-state index contributed by atoms with van der Waals surface area (Å²) in [4.78, 5) is 0. The molecule has 2 heteroatoms. The van der Waals surface area contributed by atoms with Gasteiger partial charge in [0.2, 0.25) is 0 Å². The van der Waals surface area contributed by atoms with Crippen LogP contribution in [0.4, 0.5) is 0 Å². The number of hydrogen-bond donors (Lipinski definition) is 2. The standard InChI is InChI=1S/C26H46O2.2C2H6/c1-24(2,28)14-6-5-7-18-9-11-22-21-10-8-19-17-20(27)12-15-26(19,4)23(21)13-16-25(18,22)3;2*1-2/h18-23,27-28H,5-17H2,1-4H3;2*1-2H3/t18-,19?,20?,21?,22?,23?,25?,26-;;/m0../s1. The molecule has 0 aromatic rings. The van der Waals surface area contributed by atoms with Gasteiger partial charge in [0.05, 0.1) is 11.7 Å². The van der Waals surface area contributed by atoms with E-state index in [1.807, 2.05) is 41.5 Å². The third kappa shape index (κ3) is 5.76. The van der Waals surface area contributed by atoms with Crippen molar-refractivity contribution in [3.05, 3.63) is 0 Å². The Morgan fingerprint density at radius 2 is 1.41 bits per heavy atom. The van der Waals surface area contributed by atoms with Gasteiger partial charge in [-0.1, -0.05) is 54.4 Å². The van der Waals surface area contributed by atoms with Gasteiger partial charge in [-0.05, 0) is 125 Å². The molecular formula is C30H58O2. The number of hydrogen-bond acceptors (Lipinski definition) is 2.